The molecule has 25 heavy (non-hydrogen) atoms. The third kappa shape index (κ3) is 3.33. The highest BCUT2D eigenvalue weighted by Crippen LogP contribution is 2.37. The lowest BCUT2D eigenvalue weighted by Gasteiger charge is -2.26. The number of hydrogen-bond donors (Lipinski definition) is 1. The van der Waals surface area contributed by atoms with Gasteiger partial charge < -0.3 is 10.0 Å². The van der Waals surface area contributed by atoms with Crippen molar-refractivity contribution in [3.05, 3.63) is 82.6 Å². The minimum atomic E-state index is -0.533. The van der Waals surface area contributed by atoms with Gasteiger partial charge in [0.1, 0.15) is 0 Å². The molecule has 1 atom stereocenters. The second kappa shape index (κ2) is 6.93. The molecule has 4 nitrogen and oxygen atoms in total. The fourth-order valence-corrected chi connectivity index (χ4v) is 3.23. The molecule has 0 fully saturated rings. The van der Waals surface area contributed by atoms with E-state index in [0.29, 0.717) is 13.0 Å². The normalized spacial score (nSPS) is 17.3. The highest BCUT2D eigenvalue weighted by molar-refractivity contribution is 6.08. The Kier molecular flexibility index (Phi) is 4.70. The molecule has 0 saturated heterocycles. The molecule has 2 aromatic rings. The molecule has 0 spiro atoms. The van der Waals surface area contributed by atoms with Crippen LogP contribution in [-0.4, -0.2) is 28.2 Å². The Morgan fingerprint density at radius 2 is 1.72 bits per heavy atom. The SMILES string of the molecule is CC(=O)C1=C(O)C(=O)N(CCc2ccccc2)[C@H]1c1ccc(C)cc1. The van der Waals surface area contributed by atoms with Crippen LogP contribution in [-0.2, 0) is 16.0 Å². The van der Waals surface area contributed by atoms with Crippen molar-refractivity contribution in [2.45, 2.75) is 26.3 Å². The smallest absolute Gasteiger partial charge is 0.290 e. The summed E-state index contributed by atoms with van der Waals surface area (Å²) in [6, 6.07) is 17.0. The summed E-state index contributed by atoms with van der Waals surface area (Å²) in [6.07, 6.45) is 0.660. The number of nitrogens with zero attached hydrogens (tertiary/aromatic N) is 1. The van der Waals surface area contributed by atoms with Gasteiger partial charge in [-0.1, -0.05) is 60.2 Å². The lowest BCUT2D eigenvalue weighted by atomic mass is 9.96. The predicted octanol–water partition coefficient (Wildman–Crippen LogP) is 3.52. The Labute approximate surface area is 147 Å². The first-order chi connectivity index (χ1) is 12.0. The monoisotopic (exact) mass is 335 g/mol. The number of Topliss-reactive ketones (excluding diaryl/α,β-unsaturated/α-hetero) is 1. The van der Waals surface area contributed by atoms with E-state index in [9.17, 15) is 14.7 Å². The number of amides is 1. The third-order valence-electron chi connectivity index (χ3n) is 4.56. The maximum atomic E-state index is 12.6. The van der Waals surface area contributed by atoms with Gasteiger partial charge in [-0.25, -0.2) is 0 Å². The summed E-state index contributed by atoms with van der Waals surface area (Å²) in [5.41, 5.74) is 3.22. The summed E-state index contributed by atoms with van der Waals surface area (Å²) in [5, 5.41) is 10.2. The van der Waals surface area contributed by atoms with Crippen LogP contribution >= 0.6 is 0 Å². The molecule has 0 bridgehead atoms. The number of aliphatic hydroxyl groups is 1. The van der Waals surface area contributed by atoms with Crippen molar-refractivity contribution in [3.63, 3.8) is 0 Å². The molecule has 1 N–H and O–H groups in total. The maximum absolute atomic E-state index is 12.6. The Hall–Kier alpha value is -2.88. The number of rotatable bonds is 5. The van der Waals surface area contributed by atoms with Crippen LogP contribution in [0.3, 0.4) is 0 Å². The minimum Gasteiger partial charge on any atom is -0.503 e. The van der Waals surface area contributed by atoms with Crippen molar-refractivity contribution in [2.24, 2.45) is 0 Å². The number of hydrogen-bond acceptors (Lipinski definition) is 3. The van der Waals surface area contributed by atoms with Crippen LogP contribution in [0.5, 0.6) is 0 Å². The first-order valence-corrected chi connectivity index (χ1v) is 8.34. The highest BCUT2D eigenvalue weighted by atomic mass is 16.3. The van der Waals surface area contributed by atoms with E-state index in [-0.39, 0.29) is 11.4 Å². The Morgan fingerprint density at radius 3 is 2.32 bits per heavy atom. The van der Waals surface area contributed by atoms with E-state index in [1.807, 2.05) is 61.5 Å². The van der Waals surface area contributed by atoms with Crippen molar-refractivity contribution in [1.82, 2.24) is 4.90 Å². The molecule has 1 amide bonds. The number of aryl methyl sites for hydroxylation is 1. The lowest BCUT2D eigenvalue weighted by molar-refractivity contribution is -0.129. The molecule has 0 aliphatic carbocycles. The maximum Gasteiger partial charge on any atom is 0.290 e. The zero-order valence-electron chi connectivity index (χ0n) is 14.4. The van der Waals surface area contributed by atoms with Gasteiger partial charge in [-0.2, -0.15) is 0 Å². The largest absolute Gasteiger partial charge is 0.503 e. The van der Waals surface area contributed by atoms with Crippen LogP contribution < -0.4 is 0 Å². The summed E-state index contributed by atoms with van der Waals surface area (Å²) >= 11 is 0. The van der Waals surface area contributed by atoms with Crippen molar-refractivity contribution in [1.29, 1.82) is 0 Å². The molecule has 0 saturated carbocycles. The van der Waals surface area contributed by atoms with Gasteiger partial charge >= 0.3 is 0 Å². The number of carbonyl (C=O) groups is 2. The molecule has 1 aliphatic heterocycles. The van der Waals surface area contributed by atoms with Gasteiger partial charge in [-0.3, -0.25) is 9.59 Å². The van der Waals surface area contributed by atoms with Crippen LogP contribution in [0.2, 0.25) is 0 Å². The Balaban J connectivity index is 1.93. The standard InChI is InChI=1S/C21H21NO3/c1-14-8-10-17(11-9-14)19-18(15(2)23)20(24)21(25)22(19)13-12-16-6-4-3-5-7-16/h3-11,19,24H,12-13H2,1-2H3/t19-/m0/s1. The van der Waals surface area contributed by atoms with Crippen molar-refractivity contribution >= 4 is 11.7 Å². The van der Waals surface area contributed by atoms with E-state index < -0.39 is 17.7 Å². The number of benzene rings is 2. The highest BCUT2D eigenvalue weighted by Gasteiger charge is 2.41. The molecule has 1 heterocycles. The fourth-order valence-electron chi connectivity index (χ4n) is 3.23. The average molecular weight is 335 g/mol. The zero-order chi connectivity index (χ0) is 18.0. The van der Waals surface area contributed by atoms with Gasteiger partial charge in [0.25, 0.3) is 5.91 Å². The fraction of sp³-hybridized carbons (Fsp3) is 0.238. The summed E-state index contributed by atoms with van der Waals surface area (Å²) in [4.78, 5) is 26.2. The van der Waals surface area contributed by atoms with Gasteiger partial charge in [0.05, 0.1) is 11.6 Å². The quantitative estimate of drug-likeness (QED) is 0.909. The van der Waals surface area contributed by atoms with Crippen molar-refractivity contribution in [2.75, 3.05) is 6.54 Å². The molecule has 0 radical (unpaired) electrons. The van der Waals surface area contributed by atoms with E-state index >= 15 is 0 Å². The third-order valence-corrected chi connectivity index (χ3v) is 4.56. The average Bonchev–Trinajstić information content (AvgIpc) is 2.86. The number of ketones is 1. The summed E-state index contributed by atoms with van der Waals surface area (Å²) in [7, 11) is 0. The van der Waals surface area contributed by atoms with Gasteiger partial charge in [0.15, 0.2) is 11.5 Å². The molecule has 2 aromatic carbocycles. The topological polar surface area (TPSA) is 57.6 Å². The van der Waals surface area contributed by atoms with Gasteiger partial charge in [-0.05, 0) is 31.4 Å². The first-order valence-electron chi connectivity index (χ1n) is 8.34. The summed E-state index contributed by atoms with van der Waals surface area (Å²) in [5.74, 6) is -1.18. The minimum absolute atomic E-state index is 0.182. The van der Waals surface area contributed by atoms with Crippen LogP contribution in [0.4, 0.5) is 0 Å². The second-order valence-corrected chi connectivity index (χ2v) is 6.37. The first kappa shape index (κ1) is 17.0. The van der Waals surface area contributed by atoms with E-state index in [1.54, 1.807) is 4.90 Å². The number of aliphatic hydroxyl groups excluding tert-OH is 1. The van der Waals surface area contributed by atoms with Crippen LogP contribution in [0.25, 0.3) is 0 Å². The van der Waals surface area contributed by atoms with E-state index in [1.165, 1.54) is 6.92 Å². The van der Waals surface area contributed by atoms with Gasteiger partial charge in [0, 0.05) is 6.54 Å². The summed E-state index contributed by atoms with van der Waals surface area (Å²) in [6.45, 7) is 3.80. The summed E-state index contributed by atoms with van der Waals surface area (Å²) < 4.78 is 0. The Morgan fingerprint density at radius 1 is 1.08 bits per heavy atom. The molecule has 3 rings (SSSR count). The van der Waals surface area contributed by atoms with Crippen LogP contribution in [0.1, 0.15) is 29.7 Å². The molecule has 128 valence electrons. The molecule has 4 heteroatoms. The zero-order valence-corrected chi connectivity index (χ0v) is 14.4. The van der Waals surface area contributed by atoms with Gasteiger partial charge in [0.2, 0.25) is 0 Å². The molecular formula is C21H21NO3. The molecular weight excluding hydrogens is 314 g/mol. The number of carbonyl (C=O) groups excluding carboxylic acids is 2. The molecule has 0 unspecified atom stereocenters. The van der Waals surface area contributed by atoms with Gasteiger partial charge in [-0.15, -0.1) is 0 Å². The van der Waals surface area contributed by atoms with Crippen LogP contribution in [0, 0.1) is 6.92 Å². The van der Waals surface area contributed by atoms with Crippen LogP contribution in [0.15, 0.2) is 65.9 Å². The van der Waals surface area contributed by atoms with Crippen molar-refractivity contribution in [3.8, 4) is 0 Å². The molecule has 0 aromatic heterocycles. The van der Waals surface area contributed by atoms with E-state index in [2.05, 4.69) is 0 Å². The predicted molar refractivity (Wildman–Crippen MR) is 96.1 cm³/mol. The second-order valence-electron chi connectivity index (χ2n) is 6.37. The lowest BCUT2D eigenvalue weighted by Crippen LogP contribution is -2.32. The van der Waals surface area contributed by atoms with E-state index in [4.69, 9.17) is 0 Å². The van der Waals surface area contributed by atoms with E-state index in [0.717, 1.165) is 16.7 Å². The Bertz CT molecular complexity index is 822. The van der Waals surface area contributed by atoms with Crippen molar-refractivity contribution < 1.29 is 14.7 Å². The molecule has 1 aliphatic rings.